The van der Waals surface area contributed by atoms with Gasteiger partial charge in [0.2, 0.25) is 0 Å². The Hall–Kier alpha value is -1.20. The van der Waals surface area contributed by atoms with Crippen LogP contribution in [0.1, 0.15) is 10.9 Å². The van der Waals surface area contributed by atoms with Crippen molar-refractivity contribution in [3.8, 4) is 0 Å². The molecule has 1 aliphatic heterocycles. The highest BCUT2D eigenvalue weighted by atomic mass is 35.5. The fourth-order valence-electron chi connectivity index (χ4n) is 2.33. The number of halogens is 1. The first-order valence-electron chi connectivity index (χ1n) is 6.24. The third-order valence-electron chi connectivity index (χ3n) is 3.24. The molecule has 5 heteroatoms. The third kappa shape index (κ3) is 2.52. The molecule has 2 N–H and O–H groups in total. The van der Waals surface area contributed by atoms with Gasteiger partial charge in [0.15, 0.2) is 0 Å². The molecular formula is C15H14ClNO2S. The van der Waals surface area contributed by atoms with Gasteiger partial charge in [0.1, 0.15) is 5.37 Å². The average molecular weight is 308 g/mol. The topological polar surface area (TPSA) is 43.7 Å². The number of benzene rings is 2. The molecule has 1 unspecified atom stereocenters. The van der Waals surface area contributed by atoms with Crippen molar-refractivity contribution in [1.82, 2.24) is 0 Å². The smallest absolute Gasteiger partial charge is 0.257 e. The van der Waals surface area contributed by atoms with Gasteiger partial charge < -0.3 is 15.1 Å². The van der Waals surface area contributed by atoms with Gasteiger partial charge in [0, 0.05) is 10.7 Å². The van der Waals surface area contributed by atoms with Crippen LogP contribution in [0.3, 0.4) is 0 Å². The van der Waals surface area contributed by atoms with Crippen LogP contribution in [0.15, 0.2) is 54.6 Å². The number of hydrogen-bond donors (Lipinski definition) is 2. The largest absolute Gasteiger partial charge is 0.348 e. The first kappa shape index (κ1) is 13.8. The molecule has 0 saturated carbocycles. The SMILES string of the molecule is OC1(O)CSC(c2ccccc2)N1c1ccc(Cl)cc1. The Morgan fingerprint density at radius 1 is 1.05 bits per heavy atom. The molecule has 0 aromatic heterocycles. The Balaban J connectivity index is 2.01. The van der Waals surface area contributed by atoms with Crippen LogP contribution in [-0.2, 0) is 0 Å². The Morgan fingerprint density at radius 3 is 2.35 bits per heavy atom. The van der Waals surface area contributed by atoms with Crippen LogP contribution in [0.5, 0.6) is 0 Å². The van der Waals surface area contributed by atoms with E-state index in [0.717, 1.165) is 11.3 Å². The average Bonchev–Trinajstić information content (AvgIpc) is 2.76. The maximum atomic E-state index is 10.2. The van der Waals surface area contributed by atoms with Crippen molar-refractivity contribution in [1.29, 1.82) is 0 Å². The van der Waals surface area contributed by atoms with Crippen molar-refractivity contribution in [2.45, 2.75) is 11.3 Å². The predicted molar refractivity (Wildman–Crippen MR) is 82.7 cm³/mol. The van der Waals surface area contributed by atoms with E-state index in [1.807, 2.05) is 30.3 Å². The molecule has 1 aliphatic rings. The highest BCUT2D eigenvalue weighted by Gasteiger charge is 2.45. The molecule has 20 heavy (non-hydrogen) atoms. The van der Waals surface area contributed by atoms with Crippen molar-refractivity contribution in [3.63, 3.8) is 0 Å². The number of nitrogens with zero attached hydrogens (tertiary/aromatic N) is 1. The second kappa shape index (κ2) is 5.30. The highest BCUT2D eigenvalue weighted by Crippen LogP contribution is 2.47. The van der Waals surface area contributed by atoms with E-state index in [0.29, 0.717) is 5.02 Å². The van der Waals surface area contributed by atoms with Crippen LogP contribution >= 0.6 is 23.4 Å². The summed E-state index contributed by atoms with van der Waals surface area (Å²) in [6.07, 6.45) is 0. The Kier molecular flexibility index (Phi) is 3.65. The molecule has 0 amide bonds. The van der Waals surface area contributed by atoms with E-state index in [9.17, 15) is 10.2 Å². The van der Waals surface area contributed by atoms with E-state index in [-0.39, 0.29) is 11.1 Å². The van der Waals surface area contributed by atoms with Crippen LogP contribution < -0.4 is 4.90 Å². The molecule has 3 nitrogen and oxygen atoms in total. The maximum Gasteiger partial charge on any atom is 0.257 e. The lowest BCUT2D eigenvalue weighted by Gasteiger charge is -2.34. The van der Waals surface area contributed by atoms with Gasteiger partial charge in [-0.05, 0) is 29.8 Å². The zero-order valence-corrected chi connectivity index (χ0v) is 12.2. The summed E-state index contributed by atoms with van der Waals surface area (Å²) in [6.45, 7) is 0. The Labute approximate surface area is 126 Å². The van der Waals surface area contributed by atoms with E-state index < -0.39 is 5.91 Å². The fourth-order valence-corrected chi connectivity index (χ4v) is 3.77. The molecule has 2 aromatic carbocycles. The Bertz CT molecular complexity index is 589. The molecule has 1 saturated heterocycles. The van der Waals surface area contributed by atoms with Crippen LogP contribution in [0.2, 0.25) is 5.02 Å². The van der Waals surface area contributed by atoms with Crippen molar-refractivity contribution >= 4 is 29.1 Å². The summed E-state index contributed by atoms with van der Waals surface area (Å²) >= 11 is 7.40. The fraction of sp³-hybridized carbons (Fsp3) is 0.200. The number of rotatable bonds is 2. The molecule has 1 heterocycles. The monoisotopic (exact) mass is 307 g/mol. The van der Waals surface area contributed by atoms with Crippen LogP contribution in [0.4, 0.5) is 5.69 Å². The quantitative estimate of drug-likeness (QED) is 0.836. The van der Waals surface area contributed by atoms with E-state index in [1.165, 1.54) is 11.8 Å². The predicted octanol–water partition coefficient (Wildman–Crippen LogP) is 3.23. The second-order valence-electron chi connectivity index (χ2n) is 4.69. The van der Waals surface area contributed by atoms with Gasteiger partial charge in [0.05, 0.1) is 5.75 Å². The Morgan fingerprint density at radius 2 is 1.70 bits per heavy atom. The van der Waals surface area contributed by atoms with E-state index in [2.05, 4.69) is 0 Å². The maximum absolute atomic E-state index is 10.2. The van der Waals surface area contributed by atoms with Gasteiger partial charge in [0.25, 0.3) is 5.91 Å². The van der Waals surface area contributed by atoms with E-state index >= 15 is 0 Å². The van der Waals surface area contributed by atoms with E-state index in [4.69, 9.17) is 11.6 Å². The summed E-state index contributed by atoms with van der Waals surface area (Å²) in [5, 5.41) is 21.0. The zero-order valence-electron chi connectivity index (χ0n) is 10.6. The molecule has 0 aliphatic carbocycles. The molecule has 0 bridgehead atoms. The number of aliphatic hydroxyl groups is 2. The molecular weight excluding hydrogens is 294 g/mol. The van der Waals surface area contributed by atoms with Gasteiger partial charge in [-0.15, -0.1) is 11.8 Å². The van der Waals surface area contributed by atoms with Crippen LogP contribution in [0.25, 0.3) is 0 Å². The zero-order chi connectivity index (χ0) is 14.2. The van der Waals surface area contributed by atoms with Gasteiger partial charge >= 0.3 is 0 Å². The molecule has 0 radical (unpaired) electrons. The highest BCUT2D eigenvalue weighted by molar-refractivity contribution is 8.00. The first-order valence-corrected chi connectivity index (χ1v) is 7.67. The van der Waals surface area contributed by atoms with Gasteiger partial charge in [-0.1, -0.05) is 41.9 Å². The molecule has 1 fully saturated rings. The molecule has 104 valence electrons. The minimum atomic E-state index is -1.86. The molecule has 2 aromatic rings. The van der Waals surface area contributed by atoms with Crippen molar-refractivity contribution in [3.05, 3.63) is 65.2 Å². The summed E-state index contributed by atoms with van der Waals surface area (Å²) in [4.78, 5) is 1.61. The lowest BCUT2D eigenvalue weighted by molar-refractivity contribution is -0.136. The lowest BCUT2D eigenvalue weighted by atomic mass is 10.2. The second-order valence-corrected chi connectivity index (χ2v) is 6.20. The number of thioether (sulfide) groups is 1. The number of anilines is 1. The number of hydrogen-bond acceptors (Lipinski definition) is 4. The van der Waals surface area contributed by atoms with Crippen LogP contribution in [0, 0.1) is 0 Å². The van der Waals surface area contributed by atoms with Crippen molar-refractivity contribution in [2.75, 3.05) is 10.7 Å². The summed E-state index contributed by atoms with van der Waals surface area (Å²) in [6, 6.07) is 16.9. The third-order valence-corrected chi connectivity index (χ3v) is 4.85. The molecule has 0 spiro atoms. The minimum Gasteiger partial charge on any atom is -0.348 e. The summed E-state index contributed by atoms with van der Waals surface area (Å²) in [7, 11) is 0. The van der Waals surface area contributed by atoms with Crippen molar-refractivity contribution < 1.29 is 10.2 Å². The first-order chi connectivity index (χ1) is 9.58. The summed E-state index contributed by atoms with van der Waals surface area (Å²) in [5.41, 5.74) is 1.77. The molecule has 1 atom stereocenters. The van der Waals surface area contributed by atoms with Crippen LogP contribution in [-0.4, -0.2) is 21.9 Å². The van der Waals surface area contributed by atoms with E-state index in [1.54, 1.807) is 29.2 Å². The normalized spacial score (nSPS) is 21.1. The van der Waals surface area contributed by atoms with Crippen molar-refractivity contribution in [2.24, 2.45) is 0 Å². The summed E-state index contributed by atoms with van der Waals surface area (Å²) in [5.74, 6) is -1.63. The minimum absolute atomic E-state index is 0.132. The standard InChI is InChI=1S/C15H14ClNO2S/c16-12-6-8-13(9-7-12)17-14(20-10-15(17,18)19)11-4-2-1-3-5-11/h1-9,14,18-19H,10H2. The molecule has 3 rings (SSSR count). The van der Waals surface area contributed by atoms with Gasteiger partial charge in [-0.3, -0.25) is 0 Å². The lowest BCUT2D eigenvalue weighted by Crippen LogP contribution is -2.46. The van der Waals surface area contributed by atoms with Gasteiger partial charge in [-0.2, -0.15) is 0 Å². The summed E-state index contributed by atoms with van der Waals surface area (Å²) < 4.78 is 0. The van der Waals surface area contributed by atoms with Gasteiger partial charge in [-0.25, -0.2) is 0 Å².